The molecule has 1 N–H and O–H groups in total. The summed E-state index contributed by atoms with van der Waals surface area (Å²) in [6.07, 6.45) is 14.7. The van der Waals surface area contributed by atoms with Gasteiger partial charge in [0.25, 0.3) is 0 Å². The number of rotatable bonds is 21. The van der Waals surface area contributed by atoms with Crippen LogP contribution in [0.1, 0.15) is 66.4 Å². The number of anilines is 1. The third-order valence-corrected chi connectivity index (χ3v) is 16.8. The van der Waals surface area contributed by atoms with E-state index < -0.39 is 14.0 Å². The Bertz CT molecular complexity index is 1750. The molecule has 0 unspecified atom stereocenters. The molecule has 1 atom stereocenters. The number of carbonyl (C=O) groups excluding carboxylic acids is 2. The number of carboxylic acid groups (broad SMARTS) is 1. The van der Waals surface area contributed by atoms with Crippen molar-refractivity contribution in [2.24, 2.45) is 0 Å². The number of nitrogens with one attached hydrogen (secondary N) is 1. The second-order valence-electron chi connectivity index (χ2n) is 14.5. The second kappa shape index (κ2) is 19.4. The zero-order valence-corrected chi connectivity index (χ0v) is 33.7. The van der Waals surface area contributed by atoms with Gasteiger partial charge in [0.2, 0.25) is 5.91 Å². The lowest BCUT2D eigenvalue weighted by Crippen LogP contribution is -2.53. The fraction of sp³-hybridized carbons (Fsp3) is 0.500. The molecule has 1 amide bonds. The van der Waals surface area contributed by atoms with Gasteiger partial charge in [-0.2, -0.15) is 11.8 Å². The number of thioether (sulfide) groups is 1. The van der Waals surface area contributed by atoms with Crippen molar-refractivity contribution in [3.63, 3.8) is 0 Å². The summed E-state index contributed by atoms with van der Waals surface area (Å²) in [5.41, 5.74) is 6.70. The molecule has 0 radical (unpaired) electrons. The van der Waals surface area contributed by atoms with Crippen LogP contribution in [0.3, 0.4) is 0 Å². The standard InChI is InChI=1S/C42H54ClN3O5SSi/c1-53(28-10-27-52-31-40(47)44-18-24-51-26-25-50-23-7-3-2-6-17-43)38-29-32(45-19-8-20-45)13-15-36(38)41(34-11-4-5-12-35(34)42(48)49)37-16-14-33(30-39(37)53)46-21-9-22-46/h4-5,11-16,29-30H,2-3,6-10,17-28,31H2,1H3,(H-,44,47,48,49). The van der Waals surface area contributed by atoms with Crippen LogP contribution in [-0.4, -0.2) is 107 Å². The van der Waals surface area contributed by atoms with Crippen LogP contribution in [0.25, 0.3) is 5.57 Å². The van der Waals surface area contributed by atoms with E-state index >= 15 is 0 Å². The topological polar surface area (TPSA) is 93.9 Å². The Morgan fingerprint density at radius 3 is 2.47 bits per heavy atom. The summed E-state index contributed by atoms with van der Waals surface area (Å²) < 4.78 is 13.7. The van der Waals surface area contributed by atoms with Crippen LogP contribution >= 0.6 is 23.4 Å². The molecule has 2 saturated heterocycles. The van der Waals surface area contributed by atoms with Gasteiger partial charge in [-0.25, -0.2) is 4.58 Å². The van der Waals surface area contributed by atoms with Gasteiger partial charge >= 0.3 is 0 Å². The maximum atomic E-state index is 12.6. The number of halogens is 1. The van der Waals surface area contributed by atoms with Gasteiger partial charge in [-0.05, 0) is 88.3 Å². The Kier molecular flexibility index (Phi) is 14.5. The quantitative estimate of drug-likeness (QED) is 0.0794. The number of amides is 1. The van der Waals surface area contributed by atoms with Crippen molar-refractivity contribution in [1.82, 2.24) is 5.32 Å². The van der Waals surface area contributed by atoms with Crippen molar-refractivity contribution in [1.29, 1.82) is 0 Å². The van der Waals surface area contributed by atoms with E-state index in [0.29, 0.717) is 37.7 Å². The average Bonchev–Trinajstić information content (AvgIpc) is 3.11. The molecule has 6 rings (SSSR count). The van der Waals surface area contributed by atoms with Gasteiger partial charge in [-0.15, -0.1) is 11.6 Å². The number of carboxylic acids is 1. The minimum absolute atomic E-state index is 0.0350. The molecule has 0 aromatic heterocycles. The summed E-state index contributed by atoms with van der Waals surface area (Å²) in [4.78, 5) is 27.5. The first kappa shape index (κ1) is 39.5. The minimum Gasteiger partial charge on any atom is -0.545 e. The number of aromatic carboxylic acids is 1. The molecule has 0 spiro atoms. The molecule has 2 aromatic carbocycles. The highest BCUT2D eigenvalue weighted by molar-refractivity contribution is 7.99. The van der Waals surface area contributed by atoms with Crippen molar-refractivity contribution >= 4 is 65.5 Å². The molecule has 53 heavy (non-hydrogen) atoms. The number of allylic oxidation sites excluding steroid dienone is 5. The zero-order valence-electron chi connectivity index (χ0n) is 31.1. The maximum Gasteiger partial charge on any atom is 0.230 e. The van der Waals surface area contributed by atoms with Crippen LogP contribution in [-0.2, 0) is 14.3 Å². The molecule has 4 aliphatic rings. The van der Waals surface area contributed by atoms with Crippen LogP contribution in [0.5, 0.6) is 0 Å². The van der Waals surface area contributed by atoms with Gasteiger partial charge in [0.15, 0.2) is 5.71 Å². The summed E-state index contributed by atoms with van der Waals surface area (Å²) in [7, 11) is -2.34. The minimum atomic E-state index is -2.34. The smallest absolute Gasteiger partial charge is 0.230 e. The van der Waals surface area contributed by atoms with Crippen molar-refractivity contribution in [3.8, 4) is 0 Å². The number of fused-ring (bicyclic) bond motifs is 2. The van der Waals surface area contributed by atoms with Crippen molar-refractivity contribution < 1.29 is 28.7 Å². The predicted octanol–water partition coefficient (Wildman–Crippen LogP) is 5.33. The van der Waals surface area contributed by atoms with E-state index in [-0.39, 0.29) is 11.5 Å². The number of nitrogens with zero attached hydrogens (tertiary/aromatic N) is 2. The normalized spacial score (nSPS) is 19.0. The number of hydrogen-bond acceptors (Lipinski definition) is 7. The van der Waals surface area contributed by atoms with Gasteiger partial charge in [0.1, 0.15) is 21.2 Å². The highest BCUT2D eigenvalue weighted by Gasteiger charge is 2.44. The summed E-state index contributed by atoms with van der Waals surface area (Å²) >= 11 is 7.40. The van der Waals surface area contributed by atoms with E-state index in [1.54, 1.807) is 23.9 Å². The van der Waals surface area contributed by atoms with Crippen molar-refractivity contribution in [2.75, 3.05) is 81.4 Å². The van der Waals surface area contributed by atoms with Gasteiger partial charge in [0, 0.05) is 55.5 Å². The molecule has 1 aliphatic carbocycles. The first-order valence-electron chi connectivity index (χ1n) is 19.4. The SMILES string of the molecule is C[Si@@]1(CCCSCC(=O)NCCOCCOCCCCCCCl)C2=CC(=[N+]3CCC3)C=CC2=C(c2ccccc2C(=O)[O-])c2ccc(N3CCC3)cc21. The number of alkyl halides is 1. The molecule has 0 saturated carbocycles. The van der Waals surface area contributed by atoms with E-state index in [1.165, 1.54) is 34.6 Å². The second-order valence-corrected chi connectivity index (χ2v) is 20.2. The molecule has 3 aliphatic heterocycles. The van der Waals surface area contributed by atoms with Gasteiger partial charge in [-0.3, -0.25) is 4.79 Å². The van der Waals surface area contributed by atoms with E-state index in [4.69, 9.17) is 21.1 Å². The Hall–Kier alpha value is -3.15. The Balaban J connectivity index is 1.11. The molecule has 284 valence electrons. The number of unbranched alkanes of at least 4 members (excludes halogenated alkanes) is 3. The van der Waals surface area contributed by atoms with E-state index in [0.717, 1.165) is 99.3 Å². The van der Waals surface area contributed by atoms with Crippen LogP contribution in [0.15, 0.2) is 71.5 Å². The highest BCUT2D eigenvalue weighted by atomic mass is 35.5. The summed E-state index contributed by atoms with van der Waals surface area (Å²) in [6.45, 7) is 9.57. The molecule has 2 fully saturated rings. The molecule has 8 nitrogen and oxygen atoms in total. The van der Waals surface area contributed by atoms with Gasteiger partial charge < -0.3 is 29.6 Å². The molecule has 3 heterocycles. The monoisotopic (exact) mass is 775 g/mol. The fourth-order valence-corrected chi connectivity index (χ4v) is 13.1. The summed E-state index contributed by atoms with van der Waals surface area (Å²) in [5, 5.41) is 18.2. The van der Waals surface area contributed by atoms with E-state index in [2.05, 4.69) is 57.8 Å². The Morgan fingerprint density at radius 2 is 1.74 bits per heavy atom. The van der Waals surface area contributed by atoms with Gasteiger partial charge in [0.05, 0.1) is 38.0 Å². The maximum absolute atomic E-state index is 12.6. The van der Waals surface area contributed by atoms with E-state index in [1.807, 2.05) is 12.1 Å². The van der Waals surface area contributed by atoms with Crippen LogP contribution < -0.4 is 20.5 Å². The molecular weight excluding hydrogens is 722 g/mol. The van der Waals surface area contributed by atoms with Gasteiger partial charge in [-0.1, -0.05) is 49.7 Å². The van der Waals surface area contributed by atoms with Crippen molar-refractivity contribution in [3.05, 3.63) is 88.2 Å². The largest absolute Gasteiger partial charge is 0.545 e. The van der Waals surface area contributed by atoms with Crippen LogP contribution in [0, 0.1) is 0 Å². The molecule has 2 aromatic rings. The number of hydrogen-bond donors (Lipinski definition) is 1. The summed E-state index contributed by atoms with van der Waals surface area (Å²) in [5.74, 6) is 0.920. The predicted molar refractivity (Wildman–Crippen MR) is 219 cm³/mol. The number of benzene rings is 2. The van der Waals surface area contributed by atoms with Crippen molar-refractivity contribution in [2.45, 2.75) is 57.5 Å². The third kappa shape index (κ3) is 9.75. The average molecular weight is 777 g/mol. The van der Waals surface area contributed by atoms with Crippen LogP contribution in [0.4, 0.5) is 5.69 Å². The highest BCUT2D eigenvalue weighted by Crippen LogP contribution is 2.44. The zero-order chi connectivity index (χ0) is 37.0. The first-order valence-corrected chi connectivity index (χ1v) is 23.8. The third-order valence-electron chi connectivity index (χ3n) is 10.9. The van der Waals surface area contributed by atoms with E-state index in [9.17, 15) is 14.7 Å². The van der Waals surface area contributed by atoms with Crippen LogP contribution in [0.2, 0.25) is 12.6 Å². The summed E-state index contributed by atoms with van der Waals surface area (Å²) in [6, 6.07) is 15.2. The molecule has 0 bridgehead atoms. The lowest BCUT2D eigenvalue weighted by molar-refractivity contribution is -0.582. The molecular formula is C42H54ClN3O5SSi. The number of ether oxygens (including phenoxy) is 2. The molecule has 11 heteroatoms. The Labute approximate surface area is 325 Å². The number of carbonyl (C=O) groups is 2. The lowest BCUT2D eigenvalue weighted by atomic mass is 9.87. The fourth-order valence-electron chi connectivity index (χ4n) is 7.66. The lowest BCUT2D eigenvalue weighted by Gasteiger charge is -2.42. The Morgan fingerprint density at radius 1 is 0.943 bits per heavy atom. The first-order chi connectivity index (χ1) is 25.9.